The maximum absolute atomic E-state index is 12.8. The highest BCUT2D eigenvalue weighted by Gasteiger charge is 2.00. The summed E-state index contributed by atoms with van der Waals surface area (Å²) in [4.78, 5) is 0. The number of rotatable bonds is 2. The SMILES string of the molecule is [CH2]COc1cc(C)ccc1F. The molecule has 0 spiro atoms. The zero-order valence-corrected chi connectivity index (χ0v) is 6.43. The highest BCUT2D eigenvalue weighted by Crippen LogP contribution is 2.17. The maximum Gasteiger partial charge on any atom is 0.165 e. The second kappa shape index (κ2) is 3.37. The van der Waals surface area contributed by atoms with Gasteiger partial charge in [0.05, 0.1) is 6.61 Å². The highest BCUT2D eigenvalue weighted by atomic mass is 19.1. The van der Waals surface area contributed by atoms with E-state index in [1.807, 2.05) is 6.92 Å². The van der Waals surface area contributed by atoms with Gasteiger partial charge in [0.15, 0.2) is 11.6 Å². The van der Waals surface area contributed by atoms with Gasteiger partial charge in [0.2, 0.25) is 0 Å². The van der Waals surface area contributed by atoms with E-state index in [2.05, 4.69) is 6.92 Å². The molecular weight excluding hydrogens is 143 g/mol. The quantitative estimate of drug-likeness (QED) is 0.633. The monoisotopic (exact) mass is 153 g/mol. The van der Waals surface area contributed by atoms with Crippen molar-refractivity contribution < 1.29 is 9.13 Å². The van der Waals surface area contributed by atoms with Crippen LogP contribution in [0.1, 0.15) is 5.56 Å². The molecule has 0 aliphatic carbocycles. The Balaban J connectivity index is 2.93. The number of benzene rings is 1. The normalized spacial score (nSPS) is 9.73. The standard InChI is InChI=1S/C9H10FO/c1-3-11-9-6-7(2)4-5-8(9)10/h4-6H,1,3H2,2H3. The molecule has 59 valence electrons. The van der Waals surface area contributed by atoms with Gasteiger partial charge in [0.1, 0.15) is 0 Å². The lowest BCUT2D eigenvalue weighted by atomic mass is 10.2. The molecule has 0 aliphatic rings. The van der Waals surface area contributed by atoms with E-state index in [1.54, 1.807) is 12.1 Å². The summed E-state index contributed by atoms with van der Waals surface area (Å²) < 4.78 is 17.7. The van der Waals surface area contributed by atoms with Crippen LogP contribution in [0.3, 0.4) is 0 Å². The smallest absolute Gasteiger partial charge is 0.165 e. The van der Waals surface area contributed by atoms with Crippen LogP contribution in [0.5, 0.6) is 5.75 Å². The van der Waals surface area contributed by atoms with E-state index in [9.17, 15) is 4.39 Å². The van der Waals surface area contributed by atoms with Crippen LogP contribution in [-0.4, -0.2) is 6.61 Å². The lowest BCUT2D eigenvalue weighted by molar-refractivity contribution is 0.340. The van der Waals surface area contributed by atoms with Crippen LogP contribution in [0.25, 0.3) is 0 Å². The van der Waals surface area contributed by atoms with Crippen LogP contribution in [0.4, 0.5) is 4.39 Å². The summed E-state index contributed by atoms with van der Waals surface area (Å²) >= 11 is 0. The van der Waals surface area contributed by atoms with Crippen LogP contribution in [-0.2, 0) is 0 Å². The van der Waals surface area contributed by atoms with E-state index in [1.165, 1.54) is 6.07 Å². The predicted octanol–water partition coefficient (Wildman–Crippen LogP) is 2.35. The fraction of sp³-hybridized carbons (Fsp3) is 0.222. The average Bonchev–Trinajstić information content (AvgIpc) is 1.98. The van der Waals surface area contributed by atoms with Crippen molar-refractivity contribution >= 4 is 0 Å². The maximum atomic E-state index is 12.8. The Morgan fingerprint density at radius 2 is 2.27 bits per heavy atom. The van der Waals surface area contributed by atoms with Crippen LogP contribution >= 0.6 is 0 Å². The van der Waals surface area contributed by atoms with Crippen molar-refractivity contribution in [3.63, 3.8) is 0 Å². The summed E-state index contributed by atoms with van der Waals surface area (Å²) in [6, 6.07) is 4.74. The molecule has 1 rings (SSSR count). The molecule has 11 heavy (non-hydrogen) atoms. The molecule has 0 aromatic heterocycles. The Hall–Kier alpha value is -1.05. The molecule has 0 amide bonds. The fourth-order valence-corrected chi connectivity index (χ4v) is 0.831. The van der Waals surface area contributed by atoms with Gasteiger partial charge in [-0.3, -0.25) is 0 Å². The highest BCUT2D eigenvalue weighted by molar-refractivity contribution is 5.29. The third kappa shape index (κ3) is 1.93. The van der Waals surface area contributed by atoms with Crippen molar-refractivity contribution in [1.29, 1.82) is 0 Å². The first-order valence-corrected chi connectivity index (χ1v) is 3.42. The molecular formula is C9H10FO. The van der Waals surface area contributed by atoms with Crippen molar-refractivity contribution in [3.05, 3.63) is 36.5 Å². The van der Waals surface area contributed by atoms with Gasteiger partial charge in [-0.15, -0.1) is 0 Å². The molecule has 0 saturated heterocycles. The Bertz CT molecular complexity index is 245. The molecule has 2 heteroatoms. The molecule has 1 nitrogen and oxygen atoms in total. The minimum absolute atomic E-state index is 0.250. The van der Waals surface area contributed by atoms with Gasteiger partial charge < -0.3 is 4.74 Å². The molecule has 0 fully saturated rings. The first-order valence-electron chi connectivity index (χ1n) is 3.42. The number of aryl methyl sites for hydroxylation is 1. The number of hydrogen-bond acceptors (Lipinski definition) is 1. The largest absolute Gasteiger partial charge is 0.491 e. The molecule has 0 unspecified atom stereocenters. The lowest BCUT2D eigenvalue weighted by Crippen LogP contribution is -1.94. The molecule has 0 bridgehead atoms. The molecule has 1 radical (unpaired) electrons. The first-order chi connectivity index (χ1) is 5.24. The minimum Gasteiger partial charge on any atom is -0.491 e. The second-order valence-corrected chi connectivity index (χ2v) is 2.28. The van der Waals surface area contributed by atoms with Crippen molar-refractivity contribution in [2.24, 2.45) is 0 Å². The van der Waals surface area contributed by atoms with E-state index in [-0.39, 0.29) is 18.2 Å². The van der Waals surface area contributed by atoms with Crippen molar-refractivity contribution in [2.75, 3.05) is 6.61 Å². The van der Waals surface area contributed by atoms with E-state index in [0.29, 0.717) is 0 Å². The number of halogens is 1. The van der Waals surface area contributed by atoms with E-state index < -0.39 is 0 Å². The van der Waals surface area contributed by atoms with Crippen LogP contribution in [0.15, 0.2) is 18.2 Å². The zero-order valence-electron chi connectivity index (χ0n) is 6.43. The third-order valence-electron chi connectivity index (χ3n) is 1.34. The predicted molar refractivity (Wildman–Crippen MR) is 42.0 cm³/mol. The van der Waals surface area contributed by atoms with E-state index in [4.69, 9.17) is 4.74 Å². The molecule has 0 saturated carbocycles. The van der Waals surface area contributed by atoms with Gasteiger partial charge >= 0.3 is 0 Å². The van der Waals surface area contributed by atoms with Gasteiger partial charge in [0.25, 0.3) is 0 Å². The molecule has 0 aliphatic heterocycles. The molecule has 1 aromatic rings. The third-order valence-corrected chi connectivity index (χ3v) is 1.34. The van der Waals surface area contributed by atoms with Crippen molar-refractivity contribution in [3.8, 4) is 5.75 Å². The number of hydrogen-bond donors (Lipinski definition) is 0. The summed E-state index contributed by atoms with van der Waals surface area (Å²) in [6.07, 6.45) is 0. The summed E-state index contributed by atoms with van der Waals surface area (Å²) in [5.41, 5.74) is 0.981. The second-order valence-electron chi connectivity index (χ2n) is 2.28. The Morgan fingerprint density at radius 3 is 2.91 bits per heavy atom. The fourth-order valence-electron chi connectivity index (χ4n) is 0.831. The topological polar surface area (TPSA) is 9.23 Å². The van der Waals surface area contributed by atoms with Gasteiger partial charge in [-0.25, -0.2) is 4.39 Å². The average molecular weight is 153 g/mol. The van der Waals surface area contributed by atoms with Crippen LogP contribution < -0.4 is 4.74 Å². The van der Waals surface area contributed by atoms with E-state index >= 15 is 0 Å². The van der Waals surface area contributed by atoms with Gasteiger partial charge in [-0.05, 0) is 31.5 Å². The summed E-state index contributed by atoms with van der Waals surface area (Å²) in [5, 5.41) is 0. The van der Waals surface area contributed by atoms with Gasteiger partial charge in [-0.2, -0.15) is 0 Å². The zero-order chi connectivity index (χ0) is 8.27. The Kier molecular flexibility index (Phi) is 2.47. The molecule has 0 atom stereocenters. The summed E-state index contributed by atoms with van der Waals surface area (Å²) in [6.45, 7) is 5.60. The minimum atomic E-state index is -0.334. The van der Waals surface area contributed by atoms with Gasteiger partial charge in [-0.1, -0.05) is 6.07 Å². The Morgan fingerprint density at radius 1 is 1.55 bits per heavy atom. The van der Waals surface area contributed by atoms with Crippen LogP contribution in [0.2, 0.25) is 0 Å². The lowest BCUT2D eigenvalue weighted by Gasteiger charge is -2.04. The molecule has 1 aromatic carbocycles. The van der Waals surface area contributed by atoms with E-state index in [0.717, 1.165) is 5.56 Å². The Labute approximate surface area is 65.8 Å². The number of ether oxygens (including phenoxy) is 1. The summed E-state index contributed by atoms with van der Waals surface area (Å²) in [5.74, 6) is -0.0562. The molecule has 0 heterocycles. The van der Waals surface area contributed by atoms with Crippen molar-refractivity contribution in [1.82, 2.24) is 0 Å². The summed E-state index contributed by atoms with van der Waals surface area (Å²) in [7, 11) is 0. The molecule has 0 N–H and O–H groups in total. The van der Waals surface area contributed by atoms with Crippen LogP contribution in [0, 0.1) is 19.7 Å². The van der Waals surface area contributed by atoms with Gasteiger partial charge in [0, 0.05) is 0 Å². The first kappa shape index (κ1) is 8.05. The van der Waals surface area contributed by atoms with Crippen molar-refractivity contribution in [2.45, 2.75) is 6.92 Å².